The van der Waals surface area contributed by atoms with Gasteiger partial charge in [0.05, 0.1) is 6.33 Å². The minimum atomic E-state index is 0.195. The Morgan fingerprint density at radius 2 is 2.21 bits per heavy atom. The topological polar surface area (TPSA) is 66.5 Å². The van der Waals surface area contributed by atoms with Crippen LogP contribution >= 0.6 is 22.9 Å². The molecule has 0 atom stereocenters. The Morgan fingerprint density at radius 1 is 1.37 bits per heavy atom. The number of fused-ring (bicyclic) bond motifs is 1. The third-order valence-electron chi connectivity index (χ3n) is 2.85. The first kappa shape index (κ1) is 12.4. The van der Waals surface area contributed by atoms with E-state index in [4.69, 9.17) is 11.6 Å². The number of imidazole rings is 1. The average molecular weight is 294 g/mol. The number of nitrogens with zero attached hydrogens (tertiary/aromatic N) is 3. The van der Waals surface area contributed by atoms with E-state index >= 15 is 0 Å². The second-order valence-corrected chi connectivity index (χ2v) is 6.03. The highest BCUT2D eigenvalue weighted by molar-refractivity contribution is 7.12. The number of hydrogen-bond donors (Lipinski definition) is 2. The molecule has 0 unspecified atom stereocenters. The second kappa shape index (κ2) is 4.79. The molecule has 0 aliphatic rings. The van der Waals surface area contributed by atoms with Crippen LogP contribution in [0.5, 0.6) is 0 Å². The van der Waals surface area contributed by atoms with E-state index in [1.807, 2.05) is 0 Å². The van der Waals surface area contributed by atoms with Gasteiger partial charge in [0.25, 0.3) is 0 Å². The highest BCUT2D eigenvalue weighted by Crippen LogP contribution is 2.23. The predicted molar refractivity (Wildman–Crippen MR) is 77.8 cm³/mol. The Bertz CT molecular complexity index is 733. The SMILES string of the molecule is Cc1cc(CNc2nc(Cl)nc3nc[nH]c23)c(C)s1. The number of rotatable bonds is 3. The summed E-state index contributed by atoms with van der Waals surface area (Å²) in [7, 11) is 0. The summed E-state index contributed by atoms with van der Waals surface area (Å²) in [4.78, 5) is 18.0. The van der Waals surface area contributed by atoms with Gasteiger partial charge in [-0.3, -0.25) is 0 Å². The first-order chi connectivity index (χ1) is 9.13. The Balaban J connectivity index is 1.89. The Labute approximate surface area is 119 Å². The molecule has 0 aromatic carbocycles. The Morgan fingerprint density at radius 3 is 2.95 bits per heavy atom. The Hall–Kier alpha value is -1.66. The molecule has 0 saturated carbocycles. The zero-order valence-corrected chi connectivity index (χ0v) is 12.1. The molecule has 0 aliphatic heterocycles. The highest BCUT2D eigenvalue weighted by atomic mass is 35.5. The van der Waals surface area contributed by atoms with Crippen LogP contribution in [0.15, 0.2) is 12.4 Å². The van der Waals surface area contributed by atoms with Gasteiger partial charge in [-0.1, -0.05) is 0 Å². The number of aromatic nitrogens is 4. The van der Waals surface area contributed by atoms with E-state index in [9.17, 15) is 0 Å². The number of halogens is 1. The van der Waals surface area contributed by atoms with Crippen LogP contribution in [-0.2, 0) is 6.54 Å². The normalized spacial score (nSPS) is 11.1. The molecule has 0 saturated heterocycles. The third-order valence-corrected chi connectivity index (χ3v) is 4.03. The summed E-state index contributed by atoms with van der Waals surface area (Å²) in [6.07, 6.45) is 1.58. The van der Waals surface area contributed by atoms with E-state index < -0.39 is 0 Å². The molecule has 3 aromatic heterocycles. The van der Waals surface area contributed by atoms with Crippen LogP contribution in [0.25, 0.3) is 11.2 Å². The molecule has 2 N–H and O–H groups in total. The van der Waals surface area contributed by atoms with Crippen molar-refractivity contribution in [1.82, 2.24) is 19.9 Å². The van der Waals surface area contributed by atoms with Crippen molar-refractivity contribution >= 4 is 39.9 Å². The van der Waals surface area contributed by atoms with Gasteiger partial charge < -0.3 is 10.3 Å². The van der Waals surface area contributed by atoms with Crippen LogP contribution in [0, 0.1) is 13.8 Å². The molecule has 7 heteroatoms. The number of nitrogens with one attached hydrogen (secondary N) is 2. The van der Waals surface area contributed by atoms with Gasteiger partial charge in [0.15, 0.2) is 11.5 Å². The van der Waals surface area contributed by atoms with Crippen molar-refractivity contribution in [2.75, 3.05) is 5.32 Å². The van der Waals surface area contributed by atoms with E-state index in [-0.39, 0.29) is 5.28 Å². The second-order valence-electron chi connectivity index (χ2n) is 4.23. The van der Waals surface area contributed by atoms with Crippen molar-refractivity contribution in [2.45, 2.75) is 20.4 Å². The smallest absolute Gasteiger partial charge is 0.226 e. The van der Waals surface area contributed by atoms with Gasteiger partial charge in [-0.15, -0.1) is 11.3 Å². The number of hydrogen-bond acceptors (Lipinski definition) is 5. The summed E-state index contributed by atoms with van der Waals surface area (Å²) in [5, 5.41) is 3.48. The molecule has 0 amide bonds. The number of thiophene rings is 1. The van der Waals surface area contributed by atoms with Crippen LogP contribution in [0.1, 0.15) is 15.3 Å². The summed E-state index contributed by atoms with van der Waals surface area (Å²) >= 11 is 7.68. The Kier molecular flexibility index (Phi) is 3.12. The molecule has 0 bridgehead atoms. The van der Waals surface area contributed by atoms with E-state index in [2.05, 4.69) is 45.2 Å². The molecule has 0 radical (unpaired) electrons. The fraction of sp³-hybridized carbons (Fsp3) is 0.250. The fourth-order valence-corrected chi connectivity index (χ4v) is 3.08. The van der Waals surface area contributed by atoms with Gasteiger partial charge in [0.1, 0.15) is 5.52 Å². The van der Waals surface area contributed by atoms with Crippen molar-refractivity contribution in [1.29, 1.82) is 0 Å². The zero-order chi connectivity index (χ0) is 13.4. The minimum absolute atomic E-state index is 0.195. The summed E-state index contributed by atoms with van der Waals surface area (Å²) in [5.41, 5.74) is 2.61. The molecule has 5 nitrogen and oxygen atoms in total. The van der Waals surface area contributed by atoms with Crippen molar-refractivity contribution in [3.8, 4) is 0 Å². The quantitative estimate of drug-likeness (QED) is 0.727. The molecular weight excluding hydrogens is 282 g/mol. The molecule has 0 spiro atoms. The van der Waals surface area contributed by atoms with Gasteiger partial charge in [-0.25, -0.2) is 4.98 Å². The van der Waals surface area contributed by atoms with E-state index in [0.717, 1.165) is 5.52 Å². The summed E-state index contributed by atoms with van der Waals surface area (Å²) in [6.45, 7) is 4.93. The van der Waals surface area contributed by atoms with Gasteiger partial charge in [0.2, 0.25) is 5.28 Å². The van der Waals surface area contributed by atoms with Crippen LogP contribution in [-0.4, -0.2) is 19.9 Å². The molecular formula is C12H12ClN5S. The van der Waals surface area contributed by atoms with Crippen LogP contribution < -0.4 is 5.32 Å². The predicted octanol–water partition coefficient (Wildman–Crippen LogP) is 3.30. The van der Waals surface area contributed by atoms with Crippen LogP contribution in [0.2, 0.25) is 5.28 Å². The van der Waals surface area contributed by atoms with Gasteiger partial charge in [0, 0.05) is 16.3 Å². The van der Waals surface area contributed by atoms with E-state index in [1.165, 1.54) is 15.3 Å². The maximum Gasteiger partial charge on any atom is 0.226 e. The fourth-order valence-electron chi connectivity index (χ4n) is 1.97. The number of aryl methyl sites for hydroxylation is 2. The largest absolute Gasteiger partial charge is 0.364 e. The molecule has 3 rings (SSSR count). The lowest BCUT2D eigenvalue weighted by atomic mass is 10.2. The minimum Gasteiger partial charge on any atom is -0.364 e. The van der Waals surface area contributed by atoms with Crippen molar-refractivity contribution in [2.24, 2.45) is 0 Å². The van der Waals surface area contributed by atoms with Gasteiger partial charge >= 0.3 is 0 Å². The van der Waals surface area contributed by atoms with E-state index in [0.29, 0.717) is 18.0 Å². The number of H-pyrrole nitrogens is 1. The lowest BCUT2D eigenvalue weighted by Crippen LogP contribution is -2.03. The molecule has 3 aromatic rings. The zero-order valence-electron chi connectivity index (χ0n) is 10.5. The maximum atomic E-state index is 5.88. The average Bonchev–Trinajstić information content (AvgIpc) is 2.92. The summed E-state index contributed by atoms with van der Waals surface area (Å²) < 4.78 is 0. The van der Waals surface area contributed by atoms with Crippen molar-refractivity contribution in [3.63, 3.8) is 0 Å². The van der Waals surface area contributed by atoms with Crippen molar-refractivity contribution in [3.05, 3.63) is 33.0 Å². The van der Waals surface area contributed by atoms with Crippen molar-refractivity contribution < 1.29 is 0 Å². The third kappa shape index (κ3) is 2.41. The molecule has 0 aliphatic carbocycles. The highest BCUT2D eigenvalue weighted by Gasteiger charge is 2.09. The van der Waals surface area contributed by atoms with E-state index in [1.54, 1.807) is 17.7 Å². The van der Waals surface area contributed by atoms with Gasteiger partial charge in [-0.05, 0) is 37.1 Å². The number of anilines is 1. The summed E-state index contributed by atoms with van der Waals surface area (Å²) in [5.74, 6) is 0.677. The summed E-state index contributed by atoms with van der Waals surface area (Å²) in [6, 6.07) is 2.18. The molecule has 0 fully saturated rings. The van der Waals surface area contributed by atoms with Gasteiger partial charge in [-0.2, -0.15) is 9.97 Å². The molecule has 3 heterocycles. The van der Waals surface area contributed by atoms with Crippen LogP contribution in [0.4, 0.5) is 5.82 Å². The molecule has 98 valence electrons. The number of aromatic amines is 1. The maximum absolute atomic E-state index is 5.88. The lowest BCUT2D eigenvalue weighted by molar-refractivity contribution is 1.09. The first-order valence-electron chi connectivity index (χ1n) is 5.80. The molecule has 19 heavy (non-hydrogen) atoms. The van der Waals surface area contributed by atoms with Crippen LogP contribution in [0.3, 0.4) is 0 Å². The standard InChI is InChI=1S/C12H12ClN5S/c1-6-3-8(7(2)19-6)4-14-10-9-11(16-5-15-9)18-12(13)17-10/h3,5H,4H2,1-2H3,(H2,14,15,16,17,18). The first-order valence-corrected chi connectivity index (χ1v) is 6.99. The monoisotopic (exact) mass is 293 g/mol. The lowest BCUT2D eigenvalue weighted by Gasteiger charge is -2.06.